The molecule has 0 unspecified atom stereocenters. The molecule has 0 N–H and O–H groups in total. The van der Waals surface area contributed by atoms with E-state index in [2.05, 4.69) is 11.8 Å². The molecule has 1 aromatic heterocycles. The molecular formula is C22H30F3N5S. The highest BCUT2D eigenvalue weighted by Gasteiger charge is 2.41. The Balaban J connectivity index is 1.64. The van der Waals surface area contributed by atoms with E-state index in [0.29, 0.717) is 17.7 Å². The van der Waals surface area contributed by atoms with Crippen LogP contribution in [0.4, 0.5) is 13.2 Å². The number of nitrogens with zero attached hydrogens (tertiary/aromatic N) is 5. The Morgan fingerprint density at radius 3 is 2.45 bits per heavy atom. The van der Waals surface area contributed by atoms with Gasteiger partial charge in [0.1, 0.15) is 0 Å². The van der Waals surface area contributed by atoms with Crippen molar-refractivity contribution in [2.75, 3.05) is 26.2 Å². The second kappa shape index (κ2) is 9.42. The van der Waals surface area contributed by atoms with Crippen LogP contribution < -0.4 is 0 Å². The maximum absolute atomic E-state index is 13.3. The lowest BCUT2D eigenvalue weighted by atomic mass is 9.98. The van der Waals surface area contributed by atoms with Crippen molar-refractivity contribution in [2.45, 2.75) is 57.9 Å². The van der Waals surface area contributed by atoms with Gasteiger partial charge in [0.15, 0.2) is 5.82 Å². The molecule has 3 heterocycles. The summed E-state index contributed by atoms with van der Waals surface area (Å²) < 4.78 is 44.0. The van der Waals surface area contributed by atoms with Crippen molar-refractivity contribution >= 4 is 12.2 Å². The highest BCUT2D eigenvalue weighted by Crippen LogP contribution is 2.33. The monoisotopic (exact) mass is 453 g/mol. The standard InChI is InChI=1S/C22H30F3N5S/c1-17(28-13-6-3-7-14-28)20-26-29(21(31)30(20)19-10-4-2-5-11-19)16-27-12-8-9-18(15-27)22(23,24)25/h2,4-5,10-11,17-18H,3,6-9,12-16H2,1H3/t17-,18-/m1/s1. The molecule has 1 aromatic carbocycles. The van der Waals surface area contributed by atoms with Gasteiger partial charge in [-0.2, -0.15) is 18.3 Å². The number of hydrogen-bond donors (Lipinski definition) is 0. The number of hydrogen-bond acceptors (Lipinski definition) is 4. The third kappa shape index (κ3) is 5.04. The van der Waals surface area contributed by atoms with Crippen LogP contribution in [0.3, 0.4) is 0 Å². The van der Waals surface area contributed by atoms with Gasteiger partial charge in [-0.15, -0.1) is 0 Å². The number of alkyl halides is 3. The van der Waals surface area contributed by atoms with Crippen LogP contribution in [0.1, 0.15) is 50.9 Å². The number of piperidine rings is 2. The van der Waals surface area contributed by atoms with E-state index in [4.69, 9.17) is 17.3 Å². The molecule has 2 fully saturated rings. The Morgan fingerprint density at radius 1 is 1.06 bits per heavy atom. The van der Waals surface area contributed by atoms with Crippen LogP contribution >= 0.6 is 12.2 Å². The van der Waals surface area contributed by atoms with E-state index in [1.165, 1.54) is 19.3 Å². The van der Waals surface area contributed by atoms with Gasteiger partial charge in [0.2, 0.25) is 4.77 Å². The average molecular weight is 454 g/mol. The van der Waals surface area contributed by atoms with Crippen molar-refractivity contribution in [3.05, 3.63) is 40.9 Å². The topological polar surface area (TPSA) is 29.2 Å². The van der Waals surface area contributed by atoms with E-state index < -0.39 is 12.1 Å². The predicted molar refractivity (Wildman–Crippen MR) is 117 cm³/mol. The van der Waals surface area contributed by atoms with E-state index in [1.807, 2.05) is 39.8 Å². The first-order valence-electron chi connectivity index (χ1n) is 11.1. The quantitative estimate of drug-likeness (QED) is 0.584. The van der Waals surface area contributed by atoms with Gasteiger partial charge in [-0.25, -0.2) is 4.68 Å². The van der Waals surface area contributed by atoms with Crippen LogP contribution in [0, 0.1) is 10.7 Å². The van der Waals surface area contributed by atoms with Crippen LogP contribution in [-0.4, -0.2) is 56.5 Å². The summed E-state index contributed by atoms with van der Waals surface area (Å²) in [7, 11) is 0. The summed E-state index contributed by atoms with van der Waals surface area (Å²) in [6.45, 7) is 5.10. The summed E-state index contributed by atoms with van der Waals surface area (Å²) in [5.74, 6) is -0.430. The van der Waals surface area contributed by atoms with Gasteiger partial charge < -0.3 is 0 Å². The average Bonchev–Trinajstić information content (AvgIpc) is 3.10. The van der Waals surface area contributed by atoms with Crippen molar-refractivity contribution in [1.29, 1.82) is 0 Å². The minimum Gasteiger partial charge on any atom is -0.294 e. The lowest BCUT2D eigenvalue weighted by molar-refractivity contribution is -0.188. The molecule has 0 amide bonds. The normalized spacial score (nSPS) is 22.5. The summed E-state index contributed by atoms with van der Waals surface area (Å²) in [6, 6.07) is 9.94. The molecule has 9 heteroatoms. The largest absolute Gasteiger partial charge is 0.393 e. The van der Waals surface area contributed by atoms with Gasteiger partial charge in [0.25, 0.3) is 0 Å². The molecule has 0 aliphatic carbocycles. The lowest BCUT2D eigenvalue weighted by Crippen LogP contribution is -2.42. The second-order valence-electron chi connectivity index (χ2n) is 8.68. The Bertz CT molecular complexity index is 917. The fourth-order valence-corrected chi connectivity index (χ4v) is 5.01. The van der Waals surface area contributed by atoms with Gasteiger partial charge in [0, 0.05) is 12.2 Å². The SMILES string of the molecule is C[C@H](c1nn(CN2CCC[C@@H](C(F)(F)F)C2)c(=S)n1-c1ccccc1)N1CCCCC1. The summed E-state index contributed by atoms with van der Waals surface area (Å²) in [5.41, 5.74) is 0.935. The third-order valence-corrected chi connectivity index (χ3v) is 6.89. The predicted octanol–water partition coefficient (Wildman–Crippen LogP) is 5.18. The van der Waals surface area contributed by atoms with E-state index in [9.17, 15) is 13.2 Å². The van der Waals surface area contributed by atoms with Gasteiger partial charge in [-0.05, 0) is 76.6 Å². The molecule has 2 saturated heterocycles. The van der Waals surface area contributed by atoms with Crippen molar-refractivity contribution in [3.63, 3.8) is 0 Å². The molecule has 2 atom stereocenters. The smallest absolute Gasteiger partial charge is 0.294 e. The maximum atomic E-state index is 13.3. The van der Waals surface area contributed by atoms with E-state index in [-0.39, 0.29) is 25.7 Å². The molecule has 2 aromatic rings. The molecule has 31 heavy (non-hydrogen) atoms. The number of benzene rings is 1. The fourth-order valence-electron chi connectivity index (χ4n) is 4.72. The Labute approximate surface area is 186 Å². The first kappa shape index (κ1) is 22.5. The molecule has 5 nitrogen and oxygen atoms in total. The number of aromatic nitrogens is 3. The summed E-state index contributed by atoms with van der Waals surface area (Å²) >= 11 is 5.78. The van der Waals surface area contributed by atoms with Crippen LogP contribution in [0.15, 0.2) is 30.3 Å². The first-order chi connectivity index (χ1) is 14.8. The zero-order valence-corrected chi connectivity index (χ0v) is 18.7. The number of para-hydroxylation sites is 1. The van der Waals surface area contributed by atoms with Gasteiger partial charge >= 0.3 is 6.18 Å². The van der Waals surface area contributed by atoms with Crippen molar-refractivity contribution in [1.82, 2.24) is 24.1 Å². The lowest BCUT2D eigenvalue weighted by Gasteiger charge is -2.33. The Kier molecular flexibility index (Phi) is 6.83. The fraction of sp³-hybridized carbons (Fsp3) is 0.636. The Hall–Kier alpha value is -1.71. The molecule has 0 saturated carbocycles. The van der Waals surface area contributed by atoms with E-state index in [1.54, 1.807) is 4.68 Å². The van der Waals surface area contributed by atoms with Crippen LogP contribution in [-0.2, 0) is 6.67 Å². The van der Waals surface area contributed by atoms with Crippen LogP contribution in [0.25, 0.3) is 5.69 Å². The maximum Gasteiger partial charge on any atom is 0.393 e. The molecule has 0 radical (unpaired) electrons. The molecule has 4 rings (SSSR count). The molecular weight excluding hydrogens is 423 g/mol. The first-order valence-corrected chi connectivity index (χ1v) is 11.5. The van der Waals surface area contributed by atoms with Gasteiger partial charge in [-0.1, -0.05) is 24.6 Å². The summed E-state index contributed by atoms with van der Waals surface area (Å²) in [5, 5.41) is 4.85. The van der Waals surface area contributed by atoms with Crippen LogP contribution in [0.5, 0.6) is 0 Å². The third-order valence-electron chi connectivity index (χ3n) is 6.49. The molecule has 2 aliphatic heterocycles. The molecule has 170 valence electrons. The molecule has 0 bridgehead atoms. The van der Waals surface area contributed by atoms with Crippen molar-refractivity contribution < 1.29 is 13.2 Å². The Morgan fingerprint density at radius 2 is 1.77 bits per heavy atom. The summed E-state index contributed by atoms with van der Waals surface area (Å²) in [6.07, 6.45) is 0.165. The highest BCUT2D eigenvalue weighted by molar-refractivity contribution is 7.71. The van der Waals surface area contributed by atoms with Crippen molar-refractivity contribution in [2.24, 2.45) is 5.92 Å². The zero-order chi connectivity index (χ0) is 22.0. The minimum absolute atomic E-state index is 0.000478. The number of rotatable bonds is 5. The molecule has 0 spiro atoms. The van der Waals surface area contributed by atoms with Crippen LogP contribution in [0.2, 0.25) is 0 Å². The van der Waals surface area contributed by atoms with Gasteiger partial charge in [0.05, 0.1) is 18.6 Å². The minimum atomic E-state index is -4.16. The van der Waals surface area contributed by atoms with Crippen molar-refractivity contribution in [3.8, 4) is 5.69 Å². The zero-order valence-electron chi connectivity index (χ0n) is 17.9. The van der Waals surface area contributed by atoms with Gasteiger partial charge in [-0.3, -0.25) is 14.4 Å². The summed E-state index contributed by atoms with van der Waals surface area (Å²) in [4.78, 5) is 4.25. The van der Waals surface area contributed by atoms with E-state index >= 15 is 0 Å². The molecule has 2 aliphatic rings. The highest BCUT2D eigenvalue weighted by atomic mass is 32.1. The number of halogens is 3. The number of likely N-dealkylation sites (tertiary alicyclic amines) is 2. The van der Waals surface area contributed by atoms with E-state index in [0.717, 1.165) is 24.6 Å². The second-order valence-corrected chi connectivity index (χ2v) is 9.05.